The molecule has 0 aliphatic rings. The summed E-state index contributed by atoms with van der Waals surface area (Å²) in [6, 6.07) is 9.02. The zero-order valence-electron chi connectivity index (χ0n) is 10.8. The van der Waals surface area contributed by atoms with Crippen LogP contribution in [0.2, 0.25) is 0 Å². The van der Waals surface area contributed by atoms with Gasteiger partial charge in [0.15, 0.2) is 11.5 Å². The van der Waals surface area contributed by atoms with E-state index in [0.717, 1.165) is 11.3 Å². The molecule has 0 fully saturated rings. The van der Waals surface area contributed by atoms with E-state index in [2.05, 4.69) is 25.6 Å². The lowest BCUT2D eigenvalue weighted by Gasteiger charge is -2.08. The van der Waals surface area contributed by atoms with E-state index < -0.39 is 0 Å². The Morgan fingerprint density at radius 2 is 2.05 bits per heavy atom. The molecule has 3 aromatic rings. The van der Waals surface area contributed by atoms with Gasteiger partial charge in [-0.05, 0) is 24.6 Å². The Morgan fingerprint density at radius 1 is 1.20 bits per heavy atom. The van der Waals surface area contributed by atoms with Crippen LogP contribution in [-0.4, -0.2) is 21.0 Å². The van der Waals surface area contributed by atoms with Crippen molar-refractivity contribution in [2.45, 2.75) is 6.92 Å². The molecule has 1 aromatic carbocycles. The fourth-order valence-corrected chi connectivity index (χ4v) is 1.87. The second-order valence-corrected chi connectivity index (χ2v) is 4.36. The van der Waals surface area contributed by atoms with Crippen LogP contribution in [0.1, 0.15) is 5.56 Å². The van der Waals surface area contributed by atoms with E-state index in [1.807, 2.05) is 31.2 Å². The number of nitrogens with zero attached hydrogens (tertiary/aromatic N) is 2. The maximum atomic E-state index is 11.9. The summed E-state index contributed by atoms with van der Waals surface area (Å²) >= 11 is 0. The molecule has 0 bridgehead atoms. The van der Waals surface area contributed by atoms with Gasteiger partial charge in [0, 0.05) is 11.9 Å². The van der Waals surface area contributed by atoms with Crippen LogP contribution >= 0.6 is 0 Å². The SMILES string of the molecule is Cc1ccccc1NC(=O)Nc1cnc2[nH]ccc2n1. The summed E-state index contributed by atoms with van der Waals surface area (Å²) in [7, 11) is 0. The monoisotopic (exact) mass is 267 g/mol. The van der Waals surface area contributed by atoms with Gasteiger partial charge in [0.2, 0.25) is 0 Å². The highest BCUT2D eigenvalue weighted by Crippen LogP contribution is 2.14. The van der Waals surface area contributed by atoms with Crippen molar-refractivity contribution >= 4 is 28.7 Å². The number of para-hydroxylation sites is 1. The van der Waals surface area contributed by atoms with Crippen molar-refractivity contribution < 1.29 is 4.79 Å². The Kier molecular flexibility index (Phi) is 3.04. The van der Waals surface area contributed by atoms with Crippen LogP contribution in [0.3, 0.4) is 0 Å². The van der Waals surface area contributed by atoms with Gasteiger partial charge in [-0.1, -0.05) is 18.2 Å². The molecule has 2 amide bonds. The third kappa shape index (κ3) is 2.44. The number of carbonyl (C=O) groups is 1. The molecule has 0 radical (unpaired) electrons. The van der Waals surface area contributed by atoms with Gasteiger partial charge in [-0.2, -0.15) is 0 Å². The lowest BCUT2D eigenvalue weighted by Crippen LogP contribution is -2.20. The summed E-state index contributed by atoms with van der Waals surface area (Å²) in [4.78, 5) is 23.3. The number of benzene rings is 1. The van der Waals surface area contributed by atoms with Gasteiger partial charge in [-0.15, -0.1) is 0 Å². The number of aromatic nitrogens is 3. The first kappa shape index (κ1) is 12.2. The number of rotatable bonds is 2. The van der Waals surface area contributed by atoms with E-state index in [-0.39, 0.29) is 6.03 Å². The first-order chi connectivity index (χ1) is 9.72. The highest BCUT2D eigenvalue weighted by atomic mass is 16.2. The molecule has 100 valence electrons. The summed E-state index contributed by atoms with van der Waals surface area (Å²) in [6.07, 6.45) is 3.26. The number of aromatic amines is 1. The highest BCUT2D eigenvalue weighted by Gasteiger charge is 2.06. The number of amides is 2. The van der Waals surface area contributed by atoms with E-state index in [1.54, 1.807) is 12.3 Å². The fourth-order valence-electron chi connectivity index (χ4n) is 1.87. The maximum Gasteiger partial charge on any atom is 0.324 e. The number of fused-ring (bicyclic) bond motifs is 1. The number of H-pyrrole nitrogens is 1. The van der Waals surface area contributed by atoms with Crippen molar-refractivity contribution in [1.82, 2.24) is 15.0 Å². The van der Waals surface area contributed by atoms with Gasteiger partial charge < -0.3 is 10.3 Å². The molecule has 0 atom stereocenters. The number of hydrogen-bond acceptors (Lipinski definition) is 3. The van der Waals surface area contributed by atoms with E-state index >= 15 is 0 Å². The van der Waals surface area contributed by atoms with Gasteiger partial charge in [0.25, 0.3) is 0 Å². The molecule has 0 spiro atoms. The number of anilines is 2. The predicted octanol–water partition coefficient (Wildman–Crippen LogP) is 2.91. The standard InChI is InChI=1S/C14H13N5O/c1-9-4-2-3-5-10(9)18-14(20)19-12-8-16-13-11(17-12)6-7-15-13/h2-8H,1H3,(H,15,16)(H2,17,18,19,20). The van der Waals surface area contributed by atoms with Crippen LogP contribution < -0.4 is 10.6 Å². The second-order valence-electron chi connectivity index (χ2n) is 4.36. The summed E-state index contributed by atoms with van der Waals surface area (Å²) < 4.78 is 0. The van der Waals surface area contributed by atoms with Crippen molar-refractivity contribution in [3.8, 4) is 0 Å². The molecular weight excluding hydrogens is 254 g/mol. The Labute approximate surface area is 115 Å². The fraction of sp³-hybridized carbons (Fsp3) is 0.0714. The molecule has 2 aromatic heterocycles. The predicted molar refractivity (Wildman–Crippen MR) is 77.7 cm³/mol. The van der Waals surface area contributed by atoms with Crippen molar-refractivity contribution in [3.05, 3.63) is 48.3 Å². The molecule has 3 N–H and O–H groups in total. The minimum absolute atomic E-state index is 0.344. The average molecular weight is 267 g/mol. The minimum Gasteiger partial charge on any atom is -0.345 e. The van der Waals surface area contributed by atoms with Crippen LogP contribution in [0.4, 0.5) is 16.3 Å². The molecule has 0 saturated carbocycles. The number of carbonyl (C=O) groups excluding carboxylic acids is 1. The lowest BCUT2D eigenvalue weighted by atomic mass is 10.2. The number of nitrogens with one attached hydrogen (secondary N) is 3. The van der Waals surface area contributed by atoms with Crippen LogP contribution in [0, 0.1) is 6.92 Å². The molecule has 0 unspecified atom stereocenters. The topological polar surface area (TPSA) is 82.7 Å². The maximum absolute atomic E-state index is 11.9. The summed E-state index contributed by atoms with van der Waals surface area (Å²) in [5.74, 6) is 0.406. The minimum atomic E-state index is -0.344. The molecular formula is C14H13N5O. The summed E-state index contributed by atoms with van der Waals surface area (Å²) in [5, 5.41) is 5.44. The van der Waals surface area contributed by atoms with Crippen LogP contribution in [0.25, 0.3) is 11.2 Å². The quantitative estimate of drug-likeness (QED) is 0.667. The first-order valence-corrected chi connectivity index (χ1v) is 6.16. The van der Waals surface area contributed by atoms with Crippen LogP contribution in [-0.2, 0) is 0 Å². The first-order valence-electron chi connectivity index (χ1n) is 6.16. The molecule has 2 heterocycles. The Morgan fingerprint density at radius 3 is 2.90 bits per heavy atom. The molecule has 0 saturated heterocycles. The molecule has 0 aliphatic carbocycles. The van der Waals surface area contributed by atoms with E-state index in [0.29, 0.717) is 17.0 Å². The van der Waals surface area contributed by atoms with Crippen molar-refractivity contribution in [2.24, 2.45) is 0 Å². The zero-order chi connectivity index (χ0) is 13.9. The summed E-state index contributed by atoms with van der Waals surface area (Å²) in [5.41, 5.74) is 3.16. The zero-order valence-corrected chi connectivity index (χ0v) is 10.8. The average Bonchev–Trinajstić information content (AvgIpc) is 2.89. The van der Waals surface area contributed by atoms with Gasteiger partial charge in [0.05, 0.1) is 6.20 Å². The number of hydrogen-bond donors (Lipinski definition) is 3. The third-order valence-corrected chi connectivity index (χ3v) is 2.90. The molecule has 0 aliphatic heterocycles. The Balaban J connectivity index is 1.74. The van der Waals surface area contributed by atoms with Gasteiger partial charge in [-0.25, -0.2) is 14.8 Å². The van der Waals surface area contributed by atoms with E-state index in [1.165, 1.54) is 6.20 Å². The number of aryl methyl sites for hydroxylation is 1. The van der Waals surface area contributed by atoms with E-state index in [4.69, 9.17) is 0 Å². The smallest absolute Gasteiger partial charge is 0.324 e. The largest absolute Gasteiger partial charge is 0.345 e. The second kappa shape index (κ2) is 5.00. The lowest BCUT2D eigenvalue weighted by molar-refractivity contribution is 0.262. The van der Waals surface area contributed by atoms with Crippen LogP contribution in [0.15, 0.2) is 42.7 Å². The molecule has 20 heavy (non-hydrogen) atoms. The molecule has 3 rings (SSSR count). The van der Waals surface area contributed by atoms with Crippen LogP contribution in [0.5, 0.6) is 0 Å². The summed E-state index contributed by atoms with van der Waals surface area (Å²) in [6.45, 7) is 1.93. The molecule has 6 nitrogen and oxygen atoms in total. The van der Waals surface area contributed by atoms with Gasteiger partial charge in [0.1, 0.15) is 5.52 Å². The van der Waals surface area contributed by atoms with Gasteiger partial charge in [-0.3, -0.25) is 5.32 Å². The Hall–Kier alpha value is -2.89. The third-order valence-electron chi connectivity index (χ3n) is 2.90. The van der Waals surface area contributed by atoms with Gasteiger partial charge >= 0.3 is 6.03 Å². The Bertz CT molecular complexity index is 765. The van der Waals surface area contributed by atoms with Crippen molar-refractivity contribution in [1.29, 1.82) is 0 Å². The normalized spacial score (nSPS) is 10.4. The highest BCUT2D eigenvalue weighted by molar-refractivity contribution is 5.99. The molecule has 6 heteroatoms. The van der Waals surface area contributed by atoms with Crippen molar-refractivity contribution in [3.63, 3.8) is 0 Å². The van der Waals surface area contributed by atoms with E-state index in [9.17, 15) is 4.79 Å². The number of urea groups is 1. The van der Waals surface area contributed by atoms with Crippen molar-refractivity contribution in [2.75, 3.05) is 10.6 Å².